The van der Waals surface area contributed by atoms with Gasteiger partial charge in [0.05, 0.1) is 6.10 Å². The molecule has 1 aromatic rings. The van der Waals surface area contributed by atoms with Crippen molar-refractivity contribution in [1.29, 1.82) is 0 Å². The Morgan fingerprint density at radius 2 is 2.20 bits per heavy atom. The minimum atomic E-state index is -0.0707. The first-order chi connectivity index (χ1) is 7.16. The van der Waals surface area contributed by atoms with Gasteiger partial charge in [0.15, 0.2) is 0 Å². The van der Waals surface area contributed by atoms with Crippen LogP contribution in [-0.4, -0.2) is 17.3 Å². The summed E-state index contributed by atoms with van der Waals surface area (Å²) in [5.41, 5.74) is 0. The normalized spacial score (nSPS) is 27.7. The van der Waals surface area contributed by atoms with Crippen molar-refractivity contribution in [3.63, 3.8) is 0 Å². The summed E-state index contributed by atoms with van der Waals surface area (Å²) < 4.78 is 0. The van der Waals surface area contributed by atoms with Crippen LogP contribution in [0.5, 0.6) is 0 Å². The molecule has 1 aliphatic carbocycles. The van der Waals surface area contributed by atoms with Crippen molar-refractivity contribution < 1.29 is 5.11 Å². The zero-order chi connectivity index (χ0) is 10.8. The quantitative estimate of drug-likeness (QED) is 0.825. The summed E-state index contributed by atoms with van der Waals surface area (Å²) in [5, 5.41) is 15.0. The van der Waals surface area contributed by atoms with Crippen LogP contribution in [0.4, 0.5) is 0 Å². The number of thiophene rings is 1. The summed E-state index contributed by atoms with van der Waals surface area (Å²) in [6, 6.07) is 5.25. The van der Waals surface area contributed by atoms with Gasteiger partial charge >= 0.3 is 0 Å². The molecule has 1 atom stereocenters. The molecule has 0 spiro atoms. The number of aliphatic hydroxyl groups is 1. The maximum absolute atomic E-state index is 9.26. The van der Waals surface area contributed by atoms with Crippen LogP contribution in [0.3, 0.4) is 0 Å². The Labute approximate surface area is 95.3 Å². The van der Waals surface area contributed by atoms with E-state index < -0.39 is 0 Å². The first kappa shape index (κ1) is 11.1. The number of aliphatic hydroxyl groups excluding tert-OH is 1. The Bertz CT molecular complexity index is 291. The topological polar surface area (TPSA) is 32.3 Å². The third-order valence-electron chi connectivity index (χ3n) is 3.04. The predicted octanol–water partition coefficient (Wildman–Crippen LogP) is 2.56. The molecular weight excluding hydrogens is 206 g/mol. The lowest BCUT2D eigenvalue weighted by Crippen LogP contribution is -2.46. The molecule has 1 saturated carbocycles. The molecule has 84 valence electrons. The molecule has 2 nitrogen and oxygen atoms in total. The van der Waals surface area contributed by atoms with Gasteiger partial charge in [-0.1, -0.05) is 19.9 Å². The fourth-order valence-electron chi connectivity index (χ4n) is 2.05. The summed E-state index contributed by atoms with van der Waals surface area (Å²) >= 11 is 1.81. The molecule has 0 aromatic carbocycles. The lowest BCUT2D eigenvalue weighted by molar-refractivity contribution is 0.0549. The third kappa shape index (κ3) is 2.60. The Balaban J connectivity index is 1.95. The van der Waals surface area contributed by atoms with Gasteiger partial charge < -0.3 is 10.4 Å². The molecular formula is C12H19NOS. The van der Waals surface area contributed by atoms with E-state index >= 15 is 0 Å². The zero-order valence-corrected chi connectivity index (χ0v) is 10.1. The number of rotatable bonds is 4. The monoisotopic (exact) mass is 225 g/mol. The number of nitrogens with one attached hydrogen (secondary N) is 1. The molecule has 3 heteroatoms. The molecule has 0 bridgehead atoms. The van der Waals surface area contributed by atoms with Crippen molar-refractivity contribution in [2.75, 3.05) is 0 Å². The van der Waals surface area contributed by atoms with E-state index in [0.29, 0.717) is 18.0 Å². The molecule has 1 unspecified atom stereocenters. The van der Waals surface area contributed by atoms with Crippen molar-refractivity contribution in [3.05, 3.63) is 22.4 Å². The van der Waals surface area contributed by atoms with Gasteiger partial charge in [-0.15, -0.1) is 11.3 Å². The molecule has 0 aliphatic heterocycles. The maximum atomic E-state index is 9.26. The molecule has 1 fully saturated rings. The van der Waals surface area contributed by atoms with Crippen LogP contribution in [0.2, 0.25) is 0 Å². The zero-order valence-electron chi connectivity index (χ0n) is 9.31. The van der Waals surface area contributed by atoms with Gasteiger partial charge in [0.25, 0.3) is 0 Å². The molecule has 0 radical (unpaired) electrons. The molecule has 2 rings (SSSR count). The van der Waals surface area contributed by atoms with Crippen molar-refractivity contribution >= 4 is 11.3 Å². The highest BCUT2D eigenvalue weighted by atomic mass is 32.1. The first-order valence-electron chi connectivity index (χ1n) is 5.64. The Hall–Kier alpha value is -0.380. The van der Waals surface area contributed by atoms with E-state index in [1.165, 1.54) is 4.88 Å². The van der Waals surface area contributed by atoms with Gasteiger partial charge in [-0.3, -0.25) is 0 Å². The minimum absolute atomic E-state index is 0.0707. The first-order valence-corrected chi connectivity index (χ1v) is 6.52. The molecule has 15 heavy (non-hydrogen) atoms. The Kier molecular flexibility index (Phi) is 3.44. The summed E-state index contributed by atoms with van der Waals surface area (Å²) in [7, 11) is 0. The van der Waals surface area contributed by atoms with E-state index in [-0.39, 0.29) is 6.10 Å². The van der Waals surface area contributed by atoms with E-state index in [1.54, 1.807) is 0 Å². The van der Waals surface area contributed by atoms with Crippen LogP contribution >= 0.6 is 11.3 Å². The van der Waals surface area contributed by atoms with Crippen LogP contribution in [0.25, 0.3) is 0 Å². The Morgan fingerprint density at radius 1 is 1.47 bits per heavy atom. The molecule has 1 aliphatic rings. The predicted molar refractivity (Wildman–Crippen MR) is 64.1 cm³/mol. The minimum Gasteiger partial charge on any atom is -0.393 e. The van der Waals surface area contributed by atoms with Crippen molar-refractivity contribution in [3.8, 4) is 0 Å². The average molecular weight is 225 g/mol. The van der Waals surface area contributed by atoms with Crippen molar-refractivity contribution in [1.82, 2.24) is 5.32 Å². The molecule has 1 heterocycles. The fourth-order valence-corrected chi connectivity index (χ4v) is 3.01. The molecule has 0 amide bonds. The van der Waals surface area contributed by atoms with E-state index in [2.05, 4.69) is 36.7 Å². The largest absolute Gasteiger partial charge is 0.393 e. The van der Waals surface area contributed by atoms with Gasteiger partial charge in [-0.2, -0.15) is 0 Å². The Morgan fingerprint density at radius 3 is 2.67 bits per heavy atom. The van der Waals surface area contributed by atoms with Crippen molar-refractivity contribution in [2.45, 2.75) is 44.9 Å². The standard InChI is InChI=1S/C12H19NOS/c1-8(2)12(11-4-3-5-15-11)13-9-6-10(14)7-9/h3-5,8-10,12-14H,6-7H2,1-2H3. The van der Waals surface area contributed by atoms with Crippen LogP contribution < -0.4 is 5.32 Å². The van der Waals surface area contributed by atoms with Crippen LogP contribution in [0.15, 0.2) is 17.5 Å². The van der Waals surface area contributed by atoms with Gasteiger partial charge in [0.2, 0.25) is 0 Å². The second-order valence-corrected chi connectivity index (χ2v) is 5.71. The van der Waals surface area contributed by atoms with Gasteiger partial charge in [-0.25, -0.2) is 0 Å². The van der Waals surface area contributed by atoms with Crippen LogP contribution in [-0.2, 0) is 0 Å². The number of hydrogen-bond donors (Lipinski definition) is 2. The maximum Gasteiger partial charge on any atom is 0.0570 e. The molecule has 2 N–H and O–H groups in total. The second kappa shape index (κ2) is 4.64. The fraction of sp³-hybridized carbons (Fsp3) is 0.667. The molecule has 0 saturated heterocycles. The lowest BCUT2D eigenvalue weighted by Gasteiger charge is -2.36. The van der Waals surface area contributed by atoms with Crippen molar-refractivity contribution in [2.24, 2.45) is 5.92 Å². The van der Waals surface area contributed by atoms with E-state index in [4.69, 9.17) is 0 Å². The van der Waals surface area contributed by atoms with E-state index in [0.717, 1.165) is 12.8 Å². The SMILES string of the molecule is CC(C)C(NC1CC(O)C1)c1cccs1. The third-order valence-corrected chi connectivity index (χ3v) is 4.00. The lowest BCUT2D eigenvalue weighted by atomic mass is 9.87. The second-order valence-electron chi connectivity index (χ2n) is 4.73. The van der Waals surface area contributed by atoms with E-state index in [1.807, 2.05) is 11.3 Å². The highest BCUT2D eigenvalue weighted by molar-refractivity contribution is 7.10. The summed E-state index contributed by atoms with van der Waals surface area (Å²) in [6.45, 7) is 4.49. The van der Waals surface area contributed by atoms with Gasteiger partial charge in [-0.05, 0) is 30.2 Å². The van der Waals surface area contributed by atoms with Gasteiger partial charge in [0.1, 0.15) is 0 Å². The highest BCUT2D eigenvalue weighted by Gasteiger charge is 2.30. The van der Waals surface area contributed by atoms with Gasteiger partial charge in [0, 0.05) is 17.0 Å². The highest BCUT2D eigenvalue weighted by Crippen LogP contribution is 2.30. The summed E-state index contributed by atoms with van der Waals surface area (Å²) in [4.78, 5) is 1.41. The summed E-state index contributed by atoms with van der Waals surface area (Å²) in [5.74, 6) is 0.599. The van der Waals surface area contributed by atoms with Crippen LogP contribution in [0, 0.1) is 5.92 Å². The van der Waals surface area contributed by atoms with Crippen LogP contribution in [0.1, 0.15) is 37.6 Å². The molecule has 1 aromatic heterocycles. The average Bonchev–Trinajstić information content (AvgIpc) is 2.62. The van der Waals surface area contributed by atoms with E-state index in [9.17, 15) is 5.11 Å². The smallest absolute Gasteiger partial charge is 0.0570 e. The summed E-state index contributed by atoms with van der Waals surface area (Å²) in [6.07, 6.45) is 1.75. The number of hydrogen-bond acceptors (Lipinski definition) is 3.